The molecule has 8 nitrogen and oxygen atoms in total. The Morgan fingerprint density at radius 2 is 1.21 bits per heavy atom. The van der Waals surface area contributed by atoms with Crippen molar-refractivity contribution < 1.29 is 17.1 Å². The van der Waals surface area contributed by atoms with E-state index < -0.39 is 0 Å². The van der Waals surface area contributed by atoms with Gasteiger partial charge in [0.1, 0.15) is 0 Å². The topological polar surface area (TPSA) is 99.3 Å². The molecule has 11 heteroatoms. The van der Waals surface area contributed by atoms with Gasteiger partial charge in [0, 0.05) is 12.4 Å². The van der Waals surface area contributed by atoms with Crippen LogP contribution < -0.4 is 10.9 Å². The van der Waals surface area contributed by atoms with Crippen LogP contribution in [0.4, 0.5) is 0 Å². The Bertz CT molecular complexity index is 881. The van der Waals surface area contributed by atoms with E-state index in [4.69, 9.17) is 25.3 Å². The number of hydrogen-bond acceptors (Lipinski definition) is 8. The number of pyridine rings is 2. The summed E-state index contributed by atoms with van der Waals surface area (Å²) in [7, 11) is 0. The zero-order valence-corrected chi connectivity index (χ0v) is 21.2. The van der Waals surface area contributed by atoms with Gasteiger partial charge in [0.25, 0.3) is 0 Å². The quantitative estimate of drug-likeness (QED) is 0.138. The largest absolute Gasteiger partial charge is 2.00 e. The molecular weight excluding hydrogens is 496 g/mol. The van der Waals surface area contributed by atoms with E-state index >= 15 is 0 Å². The minimum atomic E-state index is 0. The normalized spacial score (nSPS) is 11.9. The number of hydrogen-bond donors (Lipinski definition) is 2. The molecule has 0 unspecified atom stereocenters. The molecule has 0 amide bonds. The fourth-order valence-electron chi connectivity index (χ4n) is 1.90. The van der Waals surface area contributed by atoms with Crippen molar-refractivity contribution in [1.82, 2.24) is 20.8 Å². The molecule has 2 aromatic heterocycles. The van der Waals surface area contributed by atoms with Crippen LogP contribution in [0.2, 0.25) is 0 Å². The van der Waals surface area contributed by atoms with Gasteiger partial charge in [-0.25, -0.2) is 0 Å². The molecule has 33 heavy (non-hydrogen) atoms. The number of aromatic nitrogens is 2. The van der Waals surface area contributed by atoms with E-state index in [0.717, 1.165) is 22.8 Å². The van der Waals surface area contributed by atoms with Crippen LogP contribution in [0.3, 0.4) is 0 Å². The molecule has 2 rings (SSSR count). The molecule has 0 fully saturated rings. The fourth-order valence-corrected chi connectivity index (χ4v) is 2.14. The van der Waals surface area contributed by atoms with Gasteiger partial charge in [0.2, 0.25) is 0 Å². The molecule has 0 bridgehead atoms. The molecule has 0 spiro atoms. The molecule has 0 atom stereocenters. The molecule has 0 aliphatic carbocycles. The van der Waals surface area contributed by atoms with Crippen molar-refractivity contribution in [1.29, 1.82) is 0 Å². The van der Waals surface area contributed by atoms with E-state index in [2.05, 4.69) is 54.2 Å². The van der Waals surface area contributed by atoms with E-state index in [1.54, 1.807) is 24.5 Å². The molecule has 0 aromatic carbocycles. The Morgan fingerprint density at radius 1 is 0.818 bits per heavy atom. The minimum Gasteiger partial charge on any atom is -0.741 e. The average molecular weight is 522 g/mol. The van der Waals surface area contributed by atoms with Crippen LogP contribution in [0.25, 0.3) is 0 Å². The maximum atomic E-state index is 4.93. The SMILES string of the molecule is C=CCN=C([S-])N/N=C(\C)c1ccccn1.C=CCN=C([S-])N/N=C(\C)c1ccccn1.[Fe+2]. The van der Waals surface area contributed by atoms with Crippen LogP contribution in [0, 0.1) is 0 Å². The standard InChI is InChI=1S/2C11H14N4S.Fe/c2*1-3-7-13-11(16)15-14-9(2)10-6-4-5-8-12-10;/h2*3-6,8H,1,7H2,2H3,(H2,13,15,16);/q;;+2/p-2/b2*14-9+;. The van der Waals surface area contributed by atoms with E-state index in [-0.39, 0.29) is 17.1 Å². The van der Waals surface area contributed by atoms with Crippen LogP contribution >= 0.6 is 0 Å². The second-order valence-electron chi connectivity index (χ2n) is 5.92. The summed E-state index contributed by atoms with van der Waals surface area (Å²) in [5.74, 6) is 0. The number of amidine groups is 2. The summed E-state index contributed by atoms with van der Waals surface area (Å²) in [5.41, 5.74) is 8.50. The van der Waals surface area contributed by atoms with Crippen LogP contribution in [0.1, 0.15) is 25.2 Å². The third kappa shape index (κ3) is 13.9. The summed E-state index contributed by atoms with van der Waals surface area (Å²) in [5, 5.41) is 8.85. The summed E-state index contributed by atoms with van der Waals surface area (Å²) in [6.45, 7) is 11.8. The summed E-state index contributed by atoms with van der Waals surface area (Å²) >= 11 is 9.87. The molecule has 0 aliphatic heterocycles. The predicted molar refractivity (Wildman–Crippen MR) is 139 cm³/mol. The van der Waals surface area contributed by atoms with Gasteiger partial charge in [-0.1, -0.05) is 24.3 Å². The maximum absolute atomic E-state index is 4.93. The van der Waals surface area contributed by atoms with Crippen LogP contribution in [0.15, 0.2) is 94.3 Å². The van der Waals surface area contributed by atoms with Gasteiger partial charge in [-0.3, -0.25) is 30.8 Å². The third-order valence-electron chi connectivity index (χ3n) is 3.44. The first-order valence-electron chi connectivity index (χ1n) is 9.56. The molecule has 2 aromatic rings. The van der Waals surface area contributed by atoms with Crippen molar-refractivity contribution in [3.05, 3.63) is 85.5 Å². The Balaban J connectivity index is 0.000000602. The zero-order valence-electron chi connectivity index (χ0n) is 18.5. The zero-order chi connectivity index (χ0) is 23.6. The molecule has 2 N–H and O–H groups in total. The second-order valence-corrected chi connectivity index (χ2v) is 6.69. The third-order valence-corrected chi connectivity index (χ3v) is 3.88. The van der Waals surface area contributed by atoms with Crippen molar-refractivity contribution in [3.8, 4) is 0 Å². The summed E-state index contributed by atoms with van der Waals surface area (Å²) in [6, 6.07) is 11.3. The minimum absolute atomic E-state index is 0. The van der Waals surface area contributed by atoms with Crippen LogP contribution in [-0.4, -0.2) is 44.8 Å². The summed E-state index contributed by atoms with van der Waals surface area (Å²) < 4.78 is 0. The monoisotopic (exact) mass is 522 g/mol. The van der Waals surface area contributed by atoms with Crippen molar-refractivity contribution in [3.63, 3.8) is 0 Å². The number of rotatable bonds is 8. The molecular formula is C22H26FeN8S2. The van der Waals surface area contributed by atoms with E-state index in [1.807, 2.05) is 50.2 Å². The van der Waals surface area contributed by atoms with Gasteiger partial charge in [-0.2, -0.15) is 10.2 Å². The molecule has 0 aliphatic rings. The van der Waals surface area contributed by atoms with Crippen molar-refractivity contribution in [2.24, 2.45) is 20.2 Å². The number of hydrazone groups is 2. The Labute approximate surface area is 216 Å². The Morgan fingerprint density at radius 3 is 1.52 bits per heavy atom. The van der Waals surface area contributed by atoms with E-state index in [9.17, 15) is 0 Å². The second kappa shape index (κ2) is 18.6. The van der Waals surface area contributed by atoms with Crippen LogP contribution in [-0.2, 0) is 42.3 Å². The van der Waals surface area contributed by atoms with Crippen molar-refractivity contribution >= 4 is 47.0 Å². The smallest absolute Gasteiger partial charge is 0.741 e. The van der Waals surface area contributed by atoms with Gasteiger partial charge >= 0.3 is 17.1 Å². The van der Waals surface area contributed by atoms with Crippen molar-refractivity contribution in [2.75, 3.05) is 13.1 Å². The van der Waals surface area contributed by atoms with Gasteiger partial charge in [0.05, 0.1) is 35.9 Å². The van der Waals surface area contributed by atoms with E-state index in [0.29, 0.717) is 23.4 Å². The molecule has 174 valence electrons. The maximum Gasteiger partial charge on any atom is 2.00 e. The fraction of sp³-hybridized carbons (Fsp3) is 0.182. The number of aliphatic imine (C=N–C) groups is 2. The summed E-state index contributed by atoms with van der Waals surface area (Å²) in [4.78, 5) is 16.3. The average Bonchev–Trinajstić information content (AvgIpc) is 2.84. The predicted octanol–water partition coefficient (Wildman–Crippen LogP) is 2.97. The first kappa shape index (κ1) is 30.0. The number of nitrogens with zero attached hydrogens (tertiary/aromatic N) is 6. The Kier molecular flexibility index (Phi) is 16.9. The van der Waals surface area contributed by atoms with Crippen LogP contribution in [0.5, 0.6) is 0 Å². The molecule has 0 saturated carbocycles. The van der Waals surface area contributed by atoms with Crippen molar-refractivity contribution in [2.45, 2.75) is 13.8 Å². The van der Waals surface area contributed by atoms with E-state index in [1.165, 1.54) is 0 Å². The molecule has 2 heterocycles. The van der Waals surface area contributed by atoms with Gasteiger partial charge in [0.15, 0.2) is 0 Å². The summed E-state index contributed by atoms with van der Waals surface area (Å²) in [6.07, 6.45) is 6.77. The van der Waals surface area contributed by atoms with Gasteiger partial charge in [-0.15, -0.1) is 13.2 Å². The molecule has 0 radical (unpaired) electrons. The van der Waals surface area contributed by atoms with Gasteiger partial charge < -0.3 is 25.3 Å². The van der Waals surface area contributed by atoms with Gasteiger partial charge in [-0.05, 0) is 48.4 Å². The molecule has 0 saturated heterocycles. The number of nitrogens with one attached hydrogen (secondary N) is 2. The Hall–Kier alpha value is -2.98. The first-order chi connectivity index (χ1) is 15.5. The first-order valence-corrected chi connectivity index (χ1v) is 10.4.